The largest absolute Gasteiger partial charge is 0.496 e. The molecule has 6 nitrogen and oxygen atoms in total. The zero-order valence-electron chi connectivity index (χ0n) is 17.9. The van der Waals surface area contributed by atoms with Gasteiger partial charge in [0.15, 0.2) is 0 Å². The fourth-order valence-corrected chi connectivity index (χ4v) is 3.68. The van der Waals surface area contributed by atoms with Gasteiger partial charge in [0.05, 0.1) is 18.4 Å². The second-order valence-electron chi connectivity index (χ2n) is 7.44. The molecule has 2 amide bonds. The molecule has 32 heavy (non-hydrogen) atoms. The van der Waals surface area contributed by atoms with E-state index in [0.717, 1.165) is 10.6 Å². The molecule has 1 heterocycles. The lowest BCUT2D eigenvalue weighted by atomic mass is 10.0. The summed E-state index contributed by atoms with van der Waals surface area (Å²) in [5.41, 5.74) is 3.13. The van der Waals surface area contributed by atoms with Crippen molar-refractivity contribution in [2.24, 2.45) is 0 Å². The van der Waals surface area contributed by atoms with E-state index in [-0.39, 0.29) is 11.3 Å². The van der Waals surface area contributed by atoms with Crippen LogP contribution in [0.1, 0.15) is 5.56 Å². The number of nitrogens with zero attached hydrogens (tertiary/aromatic N) is 2. The standard InChI is InChI=1S/C25H22ClN3O3/c1-28(2)18-14-10-17(11-15-18)27-23-22(20-6-4-5-7-21(20)32-3)24(30)29(25(23)31)19-12-8-16(26)9-13-19/h4-15,27H,1-3H3. The van der Waals surface area contributed by atoms with Gasteiger partial charge in [0.2, 0.25) is 0 Å². The molecule has 4 rings (SSSR count). The molecule has 0 saturated carbocycles. The number of rotatable bonds is 6. The third-order valence-electron chi connectivity index (χ3n) is 5.20. The molecule has 1 aliphatic heterocycles. The van der Waals surface area contributed by atoms with Crippen molar-refractivity contribution in [1.82, 2.24) is 0 Å². The van der Waals surface area contributed by atoms with E-state index in [1.54, 1.807) is 42.5 Å². The highest BCUT2D eigenvalue weighted by molar-refractivity contribution is 6.46. The topological polar surface area (TPSA) is 61.9 Å². The van der Waals surface area contributed by atoms with Crippen molar-refractivity contribution in [3.05, 3.63) is 89.1 Å². The van der Waals surface area contributed by atoms with Gasteiger partial charge >= 0.3 is 0 Å². The molecule has 7 heteroatoms. The highest BCUT2D eigenvalue weighted by atomic mass is 35.5. The van der Waals surface area contributed by atoms with Crippen LogP contribution in [-0.2, 0) is 9.59 Å². The quantitative estimate of drug-likeness (QED) is 0.549. The normalized spacial score (nSPS) is 13.6. The van der Waals surface area contributed by atoms with Gasteiger partial charge in [-0.05, 0) is 54.6 Å². The molecular weight excluding hydrogens is 426 g/mol. The van der Waals surface area contributed by atoms with Gasteiger partial charge in [0, 0.05) is 36.1 Å². The summed E-state index contributed by atoms with van der Waals surface area (Å²) < 4.78 is 5.47. The number of hydrogen-bond donors (Lipinski definition) is 1. The van der Waals surface area contributed by atoms with E-state index in [0.29, 0.717) is 27.7 Å². The van der Waals surface area contributed by atoms with Crippen LogP contribution in [0.15, 0.2) is 78.5 Å². The van der Waals surface area contributed by atoms with Crippen molar-refractivity contribution in [3.8, 4) is 5.75 Å². The van der Waals surface area contributed by atoms with Gasteiger partial charge in [-0.1, -0.05) is 29.8 Å². The maximum absolute atomic E-state index is 13.5. The summed E-state index contributed by atoms with van der Waals surface area (Å²) in [5, 5.41) is 3.68. The first kappa shape index (κ1) is 21.5. The van der Waals surface area contributed by atoms with Crippen LogP contribution in [0.25, 0.3) is 5.57 Å². The third-order valence-corrected chi connectivity index (χ3v) is 5.45. The fraction of sp³-hybridized carbons (Fsp3) is 0.120. The Morgan fingerprint density at radius 1 is 0.875 bits per heavy atom. The maximum atomic E-state index is 13.5. The summed E-state index contributed by atoms with van der Waals surface area (Å²) in [5.74, 6) is -0.381. The monoisotopic (exact) mass is 447 g/mol. The van der Waals surface area contributed by atoms with E-state index in [2.05, 4.69) is 5.32 Å². The molecule has 0 radical (unpaired) electrons. The highest BCUT2D eigenvalue weighted by Gasteiger charge is 2.41. The van der Waals surface area contributed by atoms with Gasteiger partial charge in [-0.2, -0.15) is 0 Å². The first-order chi connectivity index (χ1) is 15.4. The Bertz CT molecular complexity index is 1200. The number of imide groups is 1. The Hall–Kier alpha value is -3.77. The number of hydrogen-bond acceptors (Lipinski definition) is 5. The minimum atomic E-state index is -0.449. The van der Waals surface area contributed by atoms with Gasteiger partial charge in [-0.3, -0.25) is 9.59 Å². The van der Waals surface area contributed by atoms with Crippen LogP contribution < -0.4 is 19.9 Å². The molecule has 3 aromatic rings. The van der Waals surface area contributed by atoms with E-state index in [1.165, 1.54) is 7.11 Å². The fourth-order valence-electron chi connectivity index (χ4n) is 3.56. The second kappa shape index (κ2) is 8.77. The third kappa shape index (κ3) is 3.92. The van der Waals surface area contributed by atoms with Crippen molar-refractivity contribution in [2.75, 3.05) is 36.3 Å². The van der Waals surface area contributed by atoms with Gasteiger partial charge in [0.25, 0.3) is 11.8 Å². The molecule has 3 aromatic carbocycles. The van der Waals surface area contributed by atoms with E-state index in [4.69, 9.17) is 16.3 Å². The number of carbonyl (C=O) groups is 2. The van der Waals surface area contributed by atoms with Gasteiger partial charge in [-0.25, -0.2) is 4.90 Å². The molecule has 0 atom stereocenters. The molecule has 162 valence electrons. The molecule has 0 bridgehead atoms. The van der Waals surface area contributed by atoms with Crippen LogP contribution in [0, 0.1) is 0 Å². The Kier molecular flexibility index (Phi) is 5.88. The van der Waals surface area contributed by atoms with Gasteiger partial charge in [0.1, 0.15) is 11.4 Å². The Morgan fingerprint density at radius 2 is 1.53 bits per heavy atom. The van der Waals surface area contributed by atoms with Crippen LogP contribution in [0.2, 0.25) is 5.02 Å². The Morgan fingerprint density at radius 3 is 2.16 bits per heavy atom. The summed E-state index contributed by atoms with van der Waals surface area (Å²) in [6, 6.07) is 21.3. The minimum absolute atomic E-state index is 0.187. The summed E-state index contributed by atoms with van der Waals surface area (Å²) in [6.07, 6.45) is 0. The predicted octanol–water partition coefficient (Wildman–Crippen LogP) is 4.81. The lowest BCUT2D eigenvalue weighted by Crippen LogP contribution is -2.32. The van der Waals surface area contributed by atoms with Crippen molar-refractivity contribution < 1.29 is 14.3 Å². The molecule has 1 aliphatic rings. The first-order valence-corrected chi connectivity index (χ1v) is 10.3. The first-order valence-electron chi connectivity index (χ1n) is 9.97. The SMILES string of the molecule is COc1ccccc1C1=C(Nc2ccc(N(C)C)cc2)C(=O)N(c2ccc(Cl)cc2)C1=O. The van der Waals surface area contributed by atoms with E-state index in [1.807, 2.05) is 49.3 Å². The van der Waals surface area contributed by atoms with Gasteiger partial charge < -0.3 is 15.0 Å². The number of carbonyl (C=O) groups excluding carboxylic acids is 2. The highest BCUT2D eigenvalue weighted by Crippen LogP contribution is 2.37. The summed E-state index contributed by atoms with van der Waals surface area (Å²) in [4.78, 5) is 30.1. The van der Waals surface area contributed by atoms with E-state index in [9.17, 15) is 9.59 Å². The number of amides is 2. The van der Waals surface area contributed by atoms with Crippen molar-refractivity contribution in [3.63, 3.8) is 0 Å². The van der Waals surface area contributed by atoms with E-state index < -0.39 is 11.8 Å². The molecule has 0 aromatic heterocycles. The van der Waals surface area contributed by atoms with E-state index >= 15 is 0 Å². The zero-order chi connectivity index (χ0) is 22.8. The molecular formula is C25H22ClN3O3. The number of methoxy groups -OCH3 is 1. The van der Waals surface area contributed by atoms with Crippen molar-refractivity contribution in [1.29, 1.82) is 0 Å². The number of para-hydroxylation sites is 1. The van der Waals surface area contributed by atoms with Crippen LogP contribution in [0.5, 0.6) is 5.75 Å². The van der Waals surface area contributed by atoms with Crippen LogP contribution >= 0.6 is 11.6 Å². The summed E-state index contributed by atoms with van der Waals surface area (Å²) in [6.45, 7) is 0. The average molecular weight is 448 g/mol. The zero-order valence-corrected chi connectivity index (χ0v) is 18.7. The number of ether oxygens (including phenoxy) is 1. The lowest BCUT2D eigenvalue weighted by Gasteiger charge is -2.16. The minimum Gasteiger partial charge on any atom is -0.496 e. The van der Waals surface area contributed by atoms with Gasteiger partial charge in [-0.15, -0.1) is 0 Å². The molecule has 0 spiro atoms. The van der Waals surface area contributed by atoms with Crippen molar-refractivity contribution >= 4 is 46.1 Å². The van der Waals surface area contributed by atoms with Crippen LogP contribution in [-0.4, -0.2) is 33.0 Å². The maximum Gasteiger partial charge on any atom is 0.282 e. The number of halogens is 1. The molecule has 0 unspecified atom stereocenters. The Balaban J connectivity index is 1.81. The number of anilines is 3. The Labute approximate surface area is 191 Å². The van der Waals surface area contributed by atoms with Crippen LogP contribution in [0.3, 0.4) is 0 Å². The predicted molar refractivity (Wildman–Crippen MR) is 128 cm³/mol. The number of benzene rings is 3. The lowest BCUT2D eigenvalue weighted by molar-refractivity contribution is -0.120. The van der Waals surface area contributed by atoms with Crippen LogP contribution in [0.4, 0.5) is 17.1 Å². The second-order valence-corrected chi connectivity index (χ2v) is 7.88. The number of nitrogens with one attached hydrogen (secondary N) is 1. The average Bonchev–Trinajstić information content (AvgIpc) is 3.04. The molecule has 0 aliphatic carbocycles. The van der Waals surface area contributed by atoms with Crippen molar-refractivity contribution in [2.45, 2.75) is 0 Å². The molecule has 0 saturated heterocycles. The summed E-state index contributed by atoms with van der Waals surface area (Å²) in [7, 11) is 5.44. The summed E-state index contributed by atoms with van der Waals surface area (Å²) >= 11 is 6.00. The molecule has 1 N–H and O–H groups in total. The smallest absolute Gasteiger partial charge is 0.282 e. The molecule has 0 fully saturated rings.